The van der Waals surface area contributed by atoms with E-state index in [9.17, 15) is 9.90 Å². The van der Waals surface area contributed by atoms with Gasteiger partial charge in [0.1, 0.15) is 0 Å². The van der Waals surface area contributed by atoms with Crippen molar-refractivity contribution in [1.29, 1.82) is 0 Å². The van der Waals surface area contributed by atoms with Crippen LogP contribution in [0, 0.1) is 19.8 Å². The Hall–Kier alpha value is -1.10. The van der Waals surface area contributed by atoms with E-state index in [-0.39, 0.29) is 24.0 Å². The normalized spacial score (nSPS) is 28.2. The number of hydrogen-bond acceptors (Lipinski definition) is 3. The first-order chi connectivity index (χ1) is 11.0. The molecule has 1 aliphatic carbocycles. The van der Waals surface area contributed by atoms with Crippen LogP contribution in [0.2, 0.25) is 5.02 Å². The minimum Gasteiger partial charge on any atom is -0.393 e. The van der Waals surface area contributed by atoms with Crippen LogP contribution in [0.4, 0.5) is 0 Å². The van der Waals surface area contributed by atoms with Crippen molar-refractivity contribution in [2.45, 2.75) is 45.3 Å². The highest BCUT2D eigenvalue weighted by Crippen LogP contribution is 2.33. The van der Waals surface area contributed by atoms with E-state index < -0.39 is 0 Å². The molecule has 1 amide bonds. The van der Waals surface area contributed by atoms with Gasteiger partial charge in [-0.15, -0.1) is 0 Å². The molecule has 0 aromatic heterocycles. The number of aryl methyl sites for hydroxylation is 2. The molecule has 1 saturated heterocycles. The van der Waals surface area contributed by atoms with Gasteiger partial charge in [-0.2, -0.15) is 0 Å². The largest absolute Gasteiger partial charge is 0.393 e. The Balaban J connectivity index is 1.88. The molecule has 2 fully saturated rings. The molecule has 126 valence electrons. The molecule has 5 heteroatoms. The highest BCUT2D eigenvalue weighted by atomic mass is 35.5. The van der Waals surface area contributed by atoms with E-state index in [2.05, 4.69) is 0 Å². The maximum atomic E-state index is 13.1. The fourth-order valence-electron chi connectivity index (χ4n) is 3.81. The summed E-state index contributed by atoms with van der Waals surface area (Å²) in [5.74, 6) is 0.141. The van der Waals surface area contributed by atoms with Crippen LogP contribution in [0.5, 0.6) is 0 Å². The molecule has 0 spiro atoms. The van der Waals surface area contributed by atoms with E-state index in [0.29, 0.717) is 30.3 Å². The molecule has 23 heavy (non-hydrogen) atoms. The Morgan fingerprint density at radius 3 is 2.78 bits per heavy atom. The fraction of sp³-hybridized carbons (Fsp3) is 0.611. The summed E-state index contributed by atoms with van der Waals surface area (Å²) in [5, 5.41) is 10.9. The van der Waals surface area contributed by atoms with E-state index >= 15 is 0 Å². The smallest absolute Gasteiger partial charge is 0.254 e. The second kappa shape index (κ2) is 6.80. The third-order valence-electron chi connectivity index (χ3n) is 5.19. The van der Waals surface area contributed by atoms with Gasteiger partial charge in [0.25, 0.3) is 5.91 Å². The van der Waals surface area contributed by atoms with Crippen molar-refractivity contribution in [1.82, 2.24) is 4.90 Å². The first-order valence-corrected chi connectivity index (χ1v) is 8.70. The van der Waals surface area contributed by atoms with E-state index in [1.807, 2.05) is 30.9 Å². The number of aliphatic hydroxyl groups excluding tert-OH is 1. The van der Waals surface area contributed by atoms with Crippen molar-refractivity contribution in [2.24, 2.45) is 5.92 Å². The number of amides is 1. The summed E-state index contributed by atoms with van der Waals surface area (Å²) >= 11 is 6.15. The van der Waals surface area contributed by atoms with Crippen LogP contribution in [0.25, 0.3) is 0 Å². The molecule has 3 atom stereocenters. The lowest BCUT2D eigenvalue weighted by Crippen LogP contribution is -2.53. The molecular weight excluding hydrogens is 314 g/mol. The number of halogens is 1. The van der Waals surface area contributed by atoms with Gasteiger partial charge in [0.2, 0.25) is 0 Å². The summed E-state index contributed by atoms with van der Waals surface area (Å²) in [5.41, 5.74) is 2.50. The Morgan fingerprint density at radius 2 is 2.09 bits per heavy atom. The van der Waals surface area contributed by atoms with Crippen LogP contribution in [-0.4, -0.2) is 47.8 Å². The van der Waals surface area contributed by atoms with Crippen molar-refractivity contribution >= 4 is 17.5 Å². The van der Waals surface area contributed by atoms with E-state index in [0.717, 1.165) is 30.4 Å². The Labute approximate surface area is 142 Å². The van der Waals surface area contributed by atoms with Gasteiger partial charge in [0.05, 0.1) is 25.4 Å². The van der Waals surface area contributed by atoms with Crippen LogP contribution < -0.4 is 0 Å². The number of ether oxygens (including phenoxy) is 1. The van der Waals surface area contributed by atoms with Gasteiger partial charge in [0.15, 0.2) is 0 Å². The Bertz CT molecular complexity index is 604. The van der Waals surface area contributed by atoms with Gasteiger partial charge in [-0.3, -0.25) is 4.79 Å². The molecule has 1 N–H and O–H groups in total. The van der Waals surface area contributed by atoms with Gasteiger partial charge >= 0.3 is 0 Å². The fourth-order valence-corrected chi connectivity index (χ4v) is 4.03. The number of benzene rings is 1. The molecular formula is C18H24ClNO3. The van der Waals surface area contributed by atoms with Crippen LogP contribution in [-0.2, 0) is 4.74 Å². The average Bonchev–Trinajstić information content (AvgIpc) is 2.96. The first-order valence-electron chi connectivity index (χ1n) is 8.32. The molecule has 1 saturated carbocycles. The maximum Gasteiger partial charge on any atom is 0.254 e. The van der Waals surface area contributed by atoms with Gasteiger partial charge in [-0.05, 0) is 49.9 Å². The van der Waals surface area contributed by atoms with Crippen LogP contribution >= 0.6 is 11.6 Å². The zero-order valence-corrected chi connectivity index (χ0v) is 14.5. The van der Waals surface area contributed by atoms with Crippen molar-refractivity contribution < 1.29 is 14.6 Å². The standard InChI is InChI=1S/C18H24ClNO3/c1-11-9-15(19)12(2)8-14(11)18(22)20-6-7-23-10-16(20)13-4-3-5-17(13)21/h8-9,13,16-17,21H,3-7,10H2,1-2H3. The zero-order valence-electron chi connectivity index (χ0n) is 13.7. The molecule has 3 unspecified atom stereocenters. The topological polar surface area (TPSA) is 49.8 Å². The summed E-state index contributed by atoms with van der Waals surface area (Å²) in [6.07, 6.45) is 2.47. The number of aliphatic hydroxyl groups is 1. The molecule has 1 aromatic rings. The minimum atomic E-state index is -0.329. The number of hydrogen-bond donors (Lipinski definition) is 1. The monoisotopic (exact) mass is 337 g/mol. The number of carbonyl (C=O) groups is 1. The Morgan fingerprint density at radius 1 is 1.30 bits per heavy atom. The summed E-state index contributed by atoms with van der Waals surface area (Å²) in [4.78, 5) is 15.0. The molecule has 0 bridgehead atoms. The summed E-state index contributed by atoms with van der Waals surface area (Å²) < 4.78 is 5.61. The number of rotatable bonds is 2. The average molecular weight is 338 g/mol. The van der Waals surface area contributed by atoms with Gasteiger partial charge in [-0.1, -0.05) is 18.0 Å². The molecule has 4 nitrogen and oxygen atoms in total. The molecule has 1 heterocycles. The molecule has 3 rings (SSSR count). The number of nitrogens with zero attached hydrogens (tertiary/aromatic N) is 1. The number of morpholine rings is 1. The second-order valence-electron chi connectivity index (χ2n) is 6.72. The third-order valence-corrected chi connectivity index (χ3v) is 5.60. The molecule has 1 aromatic carbocycles. The van der Waals surface area contributed by atoms with E-state index in [4.69, 9.17) is 16.3 Å². The highest BCUT2D eigenvalue weighted by molar-refractivity contribution is 6.31. The van der Waals surface area contributed by atoms with Crippen molar-refractivity contribution in [3.8, 4) is 0 Å². The van der Waals surface area contributed by atoms with Crippen molar-refractivity contribution in [2.75, 3.05) is 19.8 Å². The lowest BCUT2D eigenvalue weighted by atomic mass is 9.93. The zero-order chi connectivity index (χ0) is 16.6. The van der Waals surface area contributed by atoms with Crippen LogP contribution in [0.1, 0.15) is 40.7 Å². The van der Waals surface area contributed by atoms with Crippen LogP contribution in [0.15, 0.2) is 12.1 Å². The van der Waals surface area contributed by atoms with Crippen molar-refractivity contribution in [3.05, 3.63) is 33.8 Å². The van der Waals surface area contributed by atoms with Gasteiger partial charge in [-0.25, -0.2) is 0 Å². The summed E-state index contributed by atoms with van der Waals surface area (Å²) in [7, 11) is 0. The predicted octanol–water partition coefficient (Wildman–Crippen LogP) is 2.96. The third kappa shape index (κ3) is 3.25. The van der Waals surface area contributed by atoms with Crippen LogP contribution in [0.3, 0.4) is 0 Å². The number of carbonyl (C=O) groups excluding carboxylic acids is 1. The van der Waals surface area contributed by atoms with E-state index in [1.54, 1.807) is 0 Å². The quantitative estimate of drug-likeness (QED) is 0.902. The summed E-state index contributed by atoms with van der Waals surface area (Å²) in [6, 6.07) is 3.69. The minimum absolute atomic E-state index is 0.0228. The molecule has 2 aliphatic rings. The van der Waals surface area contributed by atoms with Gasteiger partial charge < -0.3 is 14.7 Å². The highest BCUT2D eigenvalue weighted by Gasteiger charge is 2.39. The van der Waals surface area contributed by atoms with Gasteiger partial charge in [0, 0.05) is 23.0 Å². The molecule has 1 aliphatic heterocycles. The molecule has 0 radical (unpaired) electrons. The second-order valence-corrected chi connectivity index (χ2v) is 7.13. The first kappa shape index (κ1) is 16.7. The lowest BCUT2D eigenvalue weighted by molar-refractivity contribution is -0.0383. The predicted molar refractivity (Wildman–Crippen MR) is 89.9 cm³/mol. The lowest BCUT2D eigenvalue weighted by Gasteiger charge is -2.40. The van der Waals surface area contributed by atoms with Crippen molar-refractivity contribution in [3.63, 3.8) is 0 Å². The Kier molecular flexibility index (Phi) is 4.95. The van der Waals surface area contributed by atoms with E-state index in [1.165, 1.54) is 0 Å². The SMILES string of the molecule is Cc1cc(C(=O)N2CCOCC2C2CCCC2O)c(C)cc1Cl. The maximum absolute atomic E-state index is 13.1. The summed E-state index contributed by atoms with van der Waals surface area (Å²) in [6.45, 7) is 5.47.